The number of rotatable bonds is 9. The Hall–Kier alpha value is -3.75. The first-order valence-corrected chi connectivity index (χ1v) is 12.7. The monoisotopic (exact) mass is 567 g/mol. The van der Waals surface area contributed by atoms with Gasteiger partial charge in [-0.3, -0.25) is 9.69 Å². The van der Waals surface area contributed by atoms with Crippen LogP contribution >= 0.6 is 0 Å². The molecule has 0 saturated carbocycles. The number of nitrogens with one attached hydrogen (secondary N) is 2. The number of aromatic hydroxyl groups is 1. The number of urea groups is 1. The van der Waals surface area contributed by atoms with Crippen LogP contribution in [-0.4, -0.2) is 90.6 Å². The number of aliphatic hydroxyl groups excluding tert-OH is 1. The Labute approximate surface area is 228 Å². The summed E-state index contributed by atoms with van der Waals surface area (Å²) in [5.41, 5.74) is 5.45. The van der Waals surface area contributed by atoms with Crippen LogP contribution in [0.4, 0.5) is 23.7 Å². The topological polar surface area (TPSA) is 150 Å². The first-order chi connectivity index (χ1) is 18.9. The molecule has 2 aromatic rings. The largest absolute Gasteiger partial charge is 0.573 e. The van der Waals surface area contributed by atoms with E-state index in [2.05, 4.69) is 15.4 Å². The number of aliphatic hydroxyl groups is 1. The van der Waals surface area contributed by atoms with Crippen LogP contribution in [0.25, 0.3) is 0 Å². The minimum absolute atomic E-state index is 0.115. The third kappa shape index (κ3) is 7.46. The van der Waals surface area contributed by atoms with Gasteiger partial charge in [-0.25, -0.2) is 4.79 Å². The van der Waals surface area contributed by atoms with Crippen molar-refractivity contribution in [1.29, 1.82) is 0 Å². The van der Waals surface area contributed by atoms with E-state index >= 15 is 0 Å². The predicted octanol–water partition coefficient (Wildman–Crippen LogP) is 1.75. The second-order valence-corrected chi connectivity index (χ2v) is 9.80. The van der Waals surface area contributed by atoms with Crippen molar-refractivity contribution < 1.29 is 42.4 Å². The Balaban J connectivity index is 1.40. The van der Waals surface area contributed by atoms with Crippen molar-refractivity contribution in [2.24, 2.45) is 5.73 Å². The number of phenolic OH excluding ortho intramolecular Hbond substituents is 1. The van der Waals surface area contributed by atoms with Crippen molar-refractivity contribution in [3.05, 3.63) is 54.1 Å². The molecule has 218 valence electrons. The lowest BCUT2D eigenvalue weighted by atomic mass is 9.98. The lowest BCUT2D eigenvalue weighted by molar-refractivity contribution is -0.274. The number of halogens is 3. The SMILES string of the molecule is NC(=O)NC(O)C(CCNC(=O)c1ccccc1O)N1CCOC2(CCN(c3ccc(OC(F)(F)F)cc3)C2)C1. The summed E-state index contributed by atoms with van der Waals surface area (Å²) in [7, 11) is 0. The molecule has 3 atom stereocenters. The molecule has 14 heteroatoms. The number of hydrogen-bond donors (Lipinski definition) is 5. The molecule has 2 aliphatic heterocycles. The molecule has 0 bridgehead atoms. The second-order valence-electron chi connectivity index (χ2n) is 9.80. The lowest BCUT2D eigenvalue weighted by Crippen LogP contribution is -2.61. The summed E-state index contributed by atoms with van der Waals surface area (Å²) in [6, 6.07) is 10.2. The zero-order chi connectivity index (χ0) is 28.9. The number of para-hydroxylation sites is 1. The summed E-state index contributed by atoms with van der Waals surface area (Å²) in [6.07, 6.45) is -5.22. The van der Waals surface area contributed by atoms with E-state index < -0.39 is 36.2 Å². The fourth-order valence-electron chi connectivity index (χ4n) is 5.20. The fourth-order valence-corrected chi connectivity index (χ4v) is 5.20. The number of carbonyl (C=O) groups is 2. The van der Waals surface area contributed by atoms with Crippen LogP contribution in [0.1, 0.15) is 23.2 Å². The van der Waals surface area contributed by atoms with E-state index in [1.807, 2.05) is 9.80 Å². The van der Waals surface area contributed by atoms with E-state index in [9.17, 15) is 33.0 Å². The Morgan fingerprint density at radius 3 is 2.52 bits per heavy atom. The van der Waals surface area contributed by atoms with Crippen molar-refractivity contribution in [2.75, 3.05) is 44.2 Å². The third-order valence-electron chi connectivity index (χ3n) is 7.03. The van der Waals surface area contributed by atoms with E-state index in [0.717, 1.165) is 0 Å². The van der Waals surface area contributed by atoms with Crippen molar-refractivity contribution in [3.63, 3.8) is 0 Å². The smallest absolute Gasteiger partial charge is 0.507 e. The third-order valence-corrected chi connectivity index (χ3v) is 7.03. The molecule has 3 unspecified atom stereocenters. The molecular formula is C26H32F3N5O6. The minimum atomic E-state index is -4.77. The second kappa shape index (κ2) is 12.2. The van der Waals surface area contributed by atoms with Crippen molar-refractivity contribution in [2.45, 2.75) is 37.1 Å². The highest BCUT2D eigenvalue weighted by molar-refractivity contribution is 5.96. The Morgan fingerprint density at radius 2 is 1.85 bits per heavy atom. The summed E-state index contributed by atoms with van der Waals surface area (Å²) >= 11 is 0. The molecule has 0 aliphatic carbocycles. The molecule has 2 aromatic carbocycles. The first kappa shape index (κ1) is 29.2. The fraction of sp³-hybridized carbons (Fsp3) is 0.462. The molecule has 2 fully saturated rings. The lowest BCUT2D eigenvalue weighted by Gasteiger charge is -2.45. The summed E-state index contributed by atoms with van der Waals surface area (Å²) in [6.45, 7) is 2.37. The van der Waals surface area contributed by atoms with Crippen LogP contribution in [0.3, 0.4) is 0 Å². The molecule has 2 heterocycles. The van der Waals surface area contributed by atoms with Crippen molar-refractivity contribution in [1.82, 2.24) is 15.5 Å². The van der Waals surface area contributed by atoms with Crippen LogP contribution in [-0.2, 0) is 4.74 Å². The first-order valence-electron chi connectivity index (χ1n) is 12.7. The Kier molecular flexibility index (Phi) is 8.91. The van der Waals surface area contributed by atoms with Gasteiger partial charge in [-0.2, -0.15) is 0 Å². The minimum Gasteiger partial charge on any atom is -0.507 e. The van der Waals surface area contributed by atoms with Gasteiger partial charge in [0, 0.05) is 38.4 Å². The van der Waals surface area contributed by atoms with E-state index in [1.165, 1.54) is 24.3 Å². The van der Waals surface area contributed by atoms with Crippen LogP contribution in [0.15, 0.2) is 48.5 Å². The van der Waals surface area contributed by atoms with Gasteiger partial charge in [0.2, 0.25) is 0 Å². The number of primary amides is 1. The Morgan fingerprint density at radius 1 is 1.12 bits per heavy atom. The number of nitrogens with zero attached hydrogens (tertiary/aromatic N) is 2. The number of amides is 3. The molecular weight excluding hydrogens is 535 g/mol. The highest BCUT2D eigenvalue weighted by Gasteiger charge is 2.45. The van der Waals surface area contributed by atoms with Gasteiger partial charge in [0.1, 0.15) is 17.7 Å². The molecule has 4 rings (SSSR count). The maximum Gasteiger partial charge on any atom is 0.573 e. The summed E-state index contributed by atoms with van der Waals surface area (Å²) in [5, 5.41) is 25.7. The molecule has 11 nitrogen and oxygen atoms in total. The average molecular weight is 568 g/mol. The van der Waals surface area contributed by atoms with Crippen LogP contribution in [0.2, 0.25) is 0 Å². The number of alkyl halides is 3. The molecule has 3 amide bonds. The molecule has 2 aliphatic rings. The molecule has 40 heavy (non-hydrogen) atoms. The van der Waals surface area contributed by atoms with E-state index in [4.69, 9.17) is 10.5 Å². The number of hydrogen-bond acceptors (Lipinski definition) is 8. The summed E-state index contributed by atoms with van der Waals surface area (Å²) in [4.78, 5) is 28.0. The molecule has 0 radical (unpaired) electrons. The number of ether oxygens (including phenoxy) is 2. The maximum absolute atomic E-state index is 12.5. The zero-order valence-corrected chi connectivity index (χ0v) is 21.6. The maximum atomic E-state index is 12.5. The van der Waals surface area contributed by atoms with Crippen LogP contribution in [0, 0.1) is 0 Å². The van der Waals surface area contributed by atoms with Gasteiger partial charge in [0.05, 0.1) is 23.8 Å². The van der Waals surface area contributed by atoms with Crippen molar-refractivity contribution in [3.8, 4) is 11.5 Å². The van der Waals surface area contributed by atoms with Gasteiger partial charge < -0.3 is 41.0 Å². The van der Waals surface area contributed by atoms with Gasteiger partial charge in [-0.1, -0.05) is 12.1 Å². The van der Waals surface area contributed by atoms with Crippen LogP contribution in [0.5, 0.6) is 11.5 Å². The number of benzene rings is 2. The van der Waals surface area contributed by atoms with E-state index in [0.29, 0.717) is 44.9 Å². The highest BCUT2D eigenvalue weighted by Crippen LogP contribution is 2.34. The number of nitrogens with two attached hydrogens (primary N) is 1. The van der Waals surface area contributed by atoms with Gasteiger partial charge in [-0.05, 0) is 49.2 Å². The van der Waals surface area contributed by atoms with Gasteiger partial charge in [0.15, 0.2) is 0 Å². The number of morpholine rings is 1. The molecule has 0 aromatic heterocycles. The molecule has 6 N–H and O–H groups in total. The summed E-state index contributed by atoms with van der Waals surface area (Å²) < 4.78 is 47.6. The molecule has 1 spiro atoms. The van der Waals surface area contributed by atoms with Gasteiger partial charge >= 0.3 is 12.4 Å². The number of carbonyl (C=O) groups excluding carboxylic acids is 2. The number of anilines is 1. The van der Waals surface area contributed by atoms with Crippen molar-refractivity contribution >= 4 is 17.6 Å². The van der Waals surface area contributed by atoms with E-state index in [1.54, 1.807) is 24.3 Å². The zero-order valence-electron chi connectivity index (χ0n) is 21.6. The highest BCUT2D eigenvalue weighted by atomic mass is 19.4. The Bertz CT molecular complexity index is 1180. The average Bonchev–Trinajstić information content (AvgIpc) is 3.28. The normalized spacial score (nSPS) is 21.1. The molecule has 2 saturated heterocycles. The van der Waals surface area contributed by atoms with Gasteiger partial charge in [0.25, 0.3) is 5.91 Å². The number of phenols is 1. The summed E-state index contributed by atoms with van der Waals surface area (Å²) in [5.74, 6) is -0.945. The van der Waals surface area contributed by atoms with E-state index in [-0.39, 0.29) is 30.0 Å². The predicted molar refractivity (Wildman–Crippen MR) is 138 cm³/mol. The quantitative estimate of drug-likeness (QED) is 0.288. The standard InChI is InChI=1S/C26H32F3N5O6/c27-26(28,29)40-18-7-5-17(6-8-18)33-12-10-25(15-33)16-34(13-14-39-25)20(23(37)32-24(30)38)9-11-31-22(36)19-3-1-2-4-21(19)35/h1-8,20,23,35,37H,9-16H2,(H,31,36)(H3,30,32,38). The van der Waals surface area contributed by atoms with Crippen LogP contribution < -0.4 is 26.0 Å². The van der Waals surface area contributed by atoms with Gasteiger partial charge in [-0.15, -0.1) is 13.2 Å².